The topological polar surface area (TPSA) is 66.5 Å². The fourth-order valence-corrected chi connectivity index (χ4v) is 5.09. The molecule has 3 aromatic carbocycles. The number of sulfonamides is 1. The molecule has 0 fully saturated rings. The van der Waals surface area contributed by atoms with E-state index in [0.29, 0.717) is 24.2 Å². The monoisotopic (exact) mass is 438 g/mol. The third-order valence-electron chi connectivity index (χ3n) is 5.45. The summed E-state index contributed by atoms with van der Waals surface area (Å²) in [7, 11) is -3.73. The summed E-state index contributed by atoms with van der Waals surface area (Å²) in [5.41, 5.74) is 2.76. The Bertz CT molecular complexity index is 1200. The van der Waals surface area contributed by atoms with Crippen LogP contribution >= 0.6 is 0 Å². The van der Waals surface area contributed by atoms with E-state index in [4.69, 9.17) is 0 Å². The summed E-state index contributed by atoms with van der Waals surface area (Å²) < 4.78 is 41.8. The van der Waals surface area contributed by atoms with Gasteiger partial charge in [0.25, 0.3) is 5.91 Å². The minimum absolute atomic E-state index is 0.171. The van der Waals surface area contributed by atoms with Crippen LogP contribution in [0.1, 0.15) is 40.9 Å². The molecule has 0 saturated heterocycles. The lowest BCUT2D eigenvalue weighted by Crippen LogP contribution is -2.35. The van der Waals surface area contributed by atoms with E-state index in [0.717, 1.165) is 17.5 Å². The van der Waals surface area contributed by atoms with Crippen LogP contribution in [0.5, 0.6) is 0 Å². The molecular formula is C24H23FN2O3S. The standard InChI is InChI=1S/C24H23FN2O3S/c1-17(18-6-3-2-4-7-18)26-31(29,30)22-13-14-23-20(16-22)8-5-15-27(23)24(28)19-9-11-21(25)12-10-19/h2-4,6-7,9-14,16-17,26H,5,8,15H2,1H3. The molecular weight excluding hydrogens is 415 g/mol. The van der Waals surface area contributed by atoms with Crippen molar-refractivity contribution in [3.63, 3.8) is 0 Å². The van der Waals surface area contributed by atoms with E-state index in [1.54, 1.807) is 24.0 Å². The van der Waals surface area contributed by atoms with Gasteiger partial charge < -0.3 is 4.90 Å². The number of hydrogen-bond donors (Lipinski definition) is 1. The third kappa shape index (κ3) is 4.52. The Morgan fingerprint density at radius 1 is 1.03 bits per heavy atom. The molecule has 0 aliphatic carbocycles. The quantitative estimate of drug-likeness (QED) is 0.640. The zero-order valence-corrected chi connectivity index (χ0v) is 17.9. The molecule has 1 aliphatic rings. The molecule has 160 valence electrons. The normalized spacial score (nSPS) is 14.7. The summed E-state index contributed by atoms with van der Waals surface area (Å²) in [5, 5.41) is 0. The lowest BCUT2D eigenvalue weighted by atomic mass is 10.0. The molecule has 7 heteroatoms. The number of rotatable bonds is 5. The van der Waals surface area contributed by atoms with Crippen LogP contribution in [-0.4, -0.2) is 20.9 Å². The summed E-state index contributed by atoms with van der Waals surface area (Å²) in [4.78, 5) is 14.7. The second-order valence-electron chi connectivity index (χ2n) is 7.61. The molecule has 0 radical (unpaired) electrons. The molecule has 3 aromatic rings. The van der Waals surface area contributed by atoms with E-state index < -0.39 is 15.8 Å². The zero-order chi connectivity index (χ0) is 22.0. The van der Waals surface area contributed by atoms with E-state index in [1.165, 1.54) is 30.3 Å². The summed E-state index contributed by atoms with van der Waals surface area (Å²) >= 11 is 0. The van der Waals surface area contributed by atoms with Crippen molar-refractivity contribution in [3.05, 3.63) is 95.3 Å². The Kier molecular flexibility index (Phi) is 5.89. The van der Waals surface area contributed by atoms with Gasteiger partial charge in [0, 0.05) is 23.8 Å². The highest BCUT2D eigenvalue weighted by atomic mass is 32.2. The average molecular weight is 439 g/mol. The van der Waals surface area contributed by atoms with Gasteiger partial charge in [0.2, 0.25) is 10.0 Å². The van der Waals surface area contributed by atoms with Crippen LogP contribution in [0.25, 0.3) is 0 Å². The summed E-state index contributed by atoms with van der Waals surface area (Å²) in [5.74, 6) is -0.630. The summed E-state index contributed by atoms with van der Waals surface area (Å²) in [6.45, 7) is 2.33. The van der Waals surface area contributed by atoms with Crippen LogP contribution in [0.3, 0.4) is 0 Å². The number of amides is 1. The zero-order valence-electron chi connectivity index (χ0n) is 17.1. The first-order valence-electron chi connectivity index (χ1n) is 10.1. The van der Waals surface area contributed by atoms with Gasteiger partial charge in [-0.2, -0.15) is 0 Å². The highest BCUT2D eigenvalue weighted by Crippen LogP contribution is 2.31. The smallest absolute Gasteiger partial charge is 0.258 e. The van der Waals surface area contributed by atoms with Gasteiger partial charge in [-0.3, -0.25) is 4.79 Å². The fourth-order valence-electron chi connectivity index (χ4n) is 3.81. The Balaban J connectivity index is 1.59. The van der Waals surface area contributed by atoms with Crippen molar-refractivity contribution >= 4 is 21.6 Å². The predicted octanol–water partition coefficient (Wildman–Crippen LogP) is 4.46. The molecule has 0 bridgehead atoms. The Labute approximate surface area is 181 Å². The number of benzene rings is 3. The molecule has 1 heterocycles. The second-order valence-corrected chi connectivity index (χ2v) is 9.33. The first-order chi connectivity index (χ1) is 14.8. The van der Waals surface area contributed by atoms with Crippen LogP contribution < -0.4 is 9.62 Å². The third-order valence-corrected chi connectivity index (χ3v) is 6.99. The second kappa shape index (κ2) is 8.61. The van der Waals surface area contributed by atoms with Gasteiger partial charge in [0.1, 0.15) is 5.82 Å². The number of carbonyl (C=O) groups is 1. The minimum Gasteiger partial charge on any atom is -0.308 e. The number of fused-ring (bicyclic) bond motifs is 1. The van der Waals surface area contributed by atoms with Crippen molar-refractivity contribution in [1.82, 2.24) is 4.72 Å². The van der Waals surface area contributed by atoms with Crippen molar-refractivity contribution in [1.29, 1.82) is 0 Å². The largest absolute Gasteiger partial charge is 0.308 e. The maximum atomic E-state index is 13.2. The molecule has 0 aromatic heterocycles. The number of carbonyl (C=O) groups excluding carboxylic acids is 1. The average Bonchev–Trinajstić information content (AvgIpc) is 2.78. The van der Waals surface area contributed by atoms with E-state index in [2.05, 4.69) is 4.72 Å². The fraction of sp³-hybridized carbons (Fsp3) is 0.208. The molecule has 31 heavy (non-hydrogen) atoms. The van der Waals surface area contributed by atoms with E-state index in [9.17, 15) is 17.6 Å². The van der Waals surface area contributed by atoms with E-state index in [-0.39, 0.29) is 16.8 Å². The Hall–Kier alpha value is -3.03. The van der Waals surface area contributed by atoms with Crippen LogP contribution in [0.4, 0.5) is 10.1 Å². The number of hydrogen-bond acceptors (Lipinski definition) is 3. The lowest BCUT2D eigenvalue weighted by molar-refractivity contribution is 0.0985. The number of nitrogens with zero attached hydrogens (tertiary/aromatic N) is 1. The van der Waals surface area contributed by atoms with Crippen molar-refractivity contribution in [3.8, 4) is 0 Å². The maximum Gasteiger partial charge on any atom is 0.258 e. The number of nitrogens with one attached hydrogen (secondary N) is 1. The van der Waals surface area contributed by atoms with Crippen molar-refractivity contribution in [2.75, 3.05) is 11.4 Å². The molecule has 1 N–H and O–H groups in total. The van der Waals surface area contributed by atoms with Gasteiger partial charge in [-0.15, -0.1) is 0 Å². The predicted molar refractivity (Wildman–Crippen MR) is 118 cm³/mol. The first kappa shape index (κ1) is 21.2. The Morgan fingerprint density at radius 2 is 1.74 bits per heavy atom. The van der Waals surface area contributed by atoms with Crippen molar-refractivity contribution in [2.24, 2.45) is 0 Å². The number of aryl methyl sites for hydroxylation is 1. The molecule has 5 nitrogen and oxygen atoms in total. The van der Waals surface area contributed by atoms with Gasteiger partial charge in [0.15, 0.2) is 0 Å². The van der Waals surface area contributed by atoms with Crippen molar-refractivity contribution in [2.45, 2.75) is 30.7 Å². The van der Waals surface area contributed by atoms with Gasteiger partial charge >= 0.3 is 0 Å². The van der Waals surface area contributed by atoms with E-state index in [1.807, 2.05) is 30.3 Å². The van der Waals surface area contributed by atoms with E-state index >= 15 is 0 Å². The minimum atomic E-state index is -3.73. The summed E-state index contributed by atoms with van der Waals surface area (Å²) in [6, 6.07) is 19.3. The highest BCUT2D eigenvalue weighted by molar-refractivity contribution is 7.89. The van der Waals surface area contributed by atoms with Crippen LogP contribution in [0.2, 0.25) is 0 Å². The molecule has 1 unspecified atom stereocenters. The molecule has 4 rings (SSSR count). The SMILES string of the molecule is CC(NS(=O)(=O)c1ccc2c(c1)CCCN2C(=O)c1ccc(F)cc1)c1ccccc1. The van der Waals surface area contributed by atoms with Gasteiger partial charge in [0.05, 0.1) is 4.90 Å². The van der Waals surface area contributed by atoms with Gasteiger partial charge in [-0.25, -0.2) is 17.5 Å². The van der Waals surface area contributed by atoms with Crippen LogP contribution in [0, 0.1) is 5.82 Å². The van der Waals surface area contributed by atoms with Crippen molar-refractivity contribution < 1.29 is 17.6 Å². The molecule has 1 amide bonds. The maximum absolute atomic E-state index is 13.2. The van der Waals surface area contributed by atoms with Gasteiger partial charge in [-0.05, 0) is 73.4 Å². The summed E-state index contributed by atoms with van der Waals surface area (Å²) in [6.07, 6.45) is 1.40. The molecule has 0 spiro atoms. The van der Waals surface area contributed by atoms with Crippen LogP contribution in [0.15, 0.2) is 77.7 Å². The number of halogens is 1. The van der Waals surface area contributed by atoms with Crippen LogP contribution in [-0.2, 0) is 16.4 Å². The highest BCUT2D eigenvalue weighted by Gasteiger charge is 2.26. The molecule has 1 aliphatic heterocycles. The molecule has 0 saturated carbocycles. The Morgan fingerprint density at radius 3 is 2.45 bits per heavy atom. The molecule has 1 atom stereocenters. The number of anilines is 1. The first-order valence-corrected chi connectivity index (χ1v) is 11.6. The lowest BCUT2D eigenvalue weighted by Gasteiger charge is -2.30. The van der Waals surface area contributed by atoms with Gasteiger partial charge in [-0.1, -0.05) is 30.3 Å².